The molecule has 0 fully saturated rings. The number of thiophene rings is 1. The van der Waals surface area contributed by atoms with Gasteiger partial charge in [-0.05, 0) is 25.5 Å². The van der Waals surface area contributed by atoms with E-state index in [1.807, 2.05) is 6.07 Å². The first-order valence-electron chi connectivity index (χ1n) is 6.13. The molecule has 0 spiro atoms. The summed E-state index contributed by atoms with van der Waals surface area (Å²) in [5.41, 5.74) is 0. The molecule has 0 radical (unpaired) electrons. The molecule has 0 aliphatic rings. The Bertz CT molecular complexity index is 378. The molecule has 102 valence electrons. The highest BCUT2D eigenvalue weighted by Gasteiger charge is 2.14. The van der Waals surface area contributed by atoms with Crippen LogP contribution in [0.15, 0.2) is 12.1 Å². The molecule has 1 rings (SSSR count). The largest absolute Gasteiger partial charge is 0.477 e. The Labute approximate surface area is 112 Å². The molecule has 0 aliphatic heterocycles. The number of methoxy groups -OCH3 is 1. The molecule has 1 aromatic rings. The van der Waals surface area contributed by atoms with Crippen LogP contribution in [0.4, 0.5) is 0 Å². The summed E-state index contributed by atoms with van der Waals surface area (Å²) < 4.78 is 5.12. The van der Waals surface area contributed by atoms with E-state index < -0.39 is 5.97 Å². The Morgan fingerprint density at radius 3 is 2.78 bits per heavy atom. The van der Waals surface area contributed by atoms with Gasteiger partial charge in [0, 0.05) is 31.1 Å². The zero-order chi connectivity index (χ0) is 13.5. The zero-order valence-corrected chi connectivity index (χ0v) is 12.0. The molecular formula is C13H21NO3S. The van der Waals surface area contributed by atoms with E-state index in [9.17, 15) is 4.79 Å². The SMILES string of the molecule is CCC(C)N(CCOC)Cc1ccc(C(=O)O)s1. The van der Waals surface area contributed by atoms with E-state index in [0.717, 1.165) is 24.4 Å². The number of carboxylic acids is 1. The monoisotopic (exact) mass is 271 g/mol. The summed E-state index contributed by atoms with van der Waals surface area (Å²) in [6.07, 6.45) is 1.07. The van der Waals surface area contributed by atoms with Crippen molar-refractivity contribution in [3.8, 4) is 0 Å². The Morgan fingerprint density at radius 2 is 2.28 bits per heavy atom. The molecule has 0 saturated carbocycles. The standard InChI is InChI=1S/C13H21NO3S/c1-4-10(2)14(7-8-17-3)9-11-5-6-12(18-11)13(15)16/h5-6,10H,4,7-9H2,1-3H3,(H,15,16). The Balaban J connectivity index is 2.65. The smallest absolute Gasteiger partial charge is 0.345 e. The van der Waals surface area contributed by atoms with Crippen LogP contribution in [0, 0.1) is 0 Å². The van der Waals surface area contributed by atoms with Crippen molar-refractivity contribution in [2.75, 3.05) is 20.3 Å². The highest BCUT2D eigenvalue weighted by Crippen LogP contribution is 2.19. The lowest BCUT2D eigenvalue weighted by atomic mass is 10.2. The number of carboxylic acid groups (broad SMARTS) is 1. The number of aromatic carboxylic acids is 1. The third-order valence-corrected chi connectivity index (χ3v) is 4.09. The van der Waals surface area contributed by atoms with Crippen LogP contribution in [0.25, 0.3) is 0 Å². The predicted octanol–water partition coefficient (Wildman–Crippen LogP) is 2.69. The first-order chi connectivity index (χ1) is 8.58. The van der Waals surface area contributed by atoms with Gasteiger partial charge >= 0.3 is 5.97 Å². The van der Waals surface area contributed by atoms with Crippen molar-refractivity contribution in [1.82, 2.24) is 4.90 Å². The van der Waals surface area contributed by atoms with Gasteiger partial charge in [-0.1, -0.05) is 6.92 Å². The van der Waals surface area contributed by atoms with Gasteiger partial charge < -0.3 is 9.84 Å². The molecule has 18 heavy (non-hydrogen) atoms. The number of nitrogens with zero attached hydrogens (tertiary/aromatic N) is 1. The molecule has 5 heteroatoms. The summed E-state index contributed by atoms with van der Waals surface area (Å²) in [5.74, 6) is -0.849. The normalized spacial score (nSPS) is 12.9. The van der Waals surface area contributed by atoms with Crippen molar-refractivity contribution < 1.29 is 14.6 Å². The van der Waals surface area contributed by atoms with Crippen LogP contribution in [0.3, 0.4) is 0 Å². The van der Waals surface area contributed by atoms with E-state index in [4.69, 9.17) is 9.84 Å². The van der Waals surface area contributed by atoms with Gasteiger partial charge in [-0.2, -0.15) is 0 Å². The topological polar surface area (TPSA) is 49.8 Å². The van der Waals surface area contributed by atoms with E-state index >= 15 is 0 Å². The maximum Gasteiger partial charge on any atom is 0.345 e. The fourth-order valence-electron chi connectivity index (χ4n) is 1.70. The van der Waals surface area contributed by atoms with Gasteiger partial charge in [0.05, 0.1) is 6.61 Å². The summed E-state index contributed by atoms with van der Waals surface area (Å²) in [5, 5.41) is 8.91. The highest BCUT2D eigenvalue weighted by atomic mass is 32.1. The van der Waals surface area contributed by atoms with E-state index in [-0.39, 0.29) is 0 Å². The molecule has 0 saturated heterocycles. The van der Waals surface area contributed by atoms with Gasteiger partial charge in [-0.3, -0.25) is 4.90 Å². The maximum atomic E-state index is 10.8. The molecule has 1 atom stereocenters. The maximum absolute atomic E-state index is 10.8. The lowest BCUT2D eigenvalue weighted by Gasteiger charge is -2.27. The van der Waals surface area contributed by atoms with Crippen LogP contribution in [-0.2, 0) is 11.3 Å². The van der Waals surface area contributed by atoms with Crippen LogP contribution < -0.4 is 0 Å². The van der Waals surface area contributed by atoms with Crippen molar-refractivity contribution in [3.63, 3.8) is 0 Å². The number of ether oxygens (including phenoxy) is 1. The third kappa shape index (κ3) is 4.40. The van der Waals surface area contributed by atoms with Gasteiger partial charge in [0.25, 0.3) is 0 Å². The lowest BCUT2D eigenvalue weighted by molar-refractivity contribution is 0.0702. The molecule has 1 heterocycles. The second-order valence-electron chi connectivity index (χ2n) is 4.29. The van der Waals surface area contributed by atoms with Crippen LogP contribution in [-0.4, -0.2) is 42.3 Å². The molecule has 0 aliphatic carbocycles. The van der Waals surface area contributed by atoms with Crippen LogP contribution in [0.5, 0.6) is 0 Å². The molecule has 0 amide bonds. The van der Waals surface area contributed by atoms with E-state index in [1.165, 1.54) is 11.3 Å². The van der Waals surface area contributed by atoms with Crippen molar-refractivity contribution >= 4 is 17.3 Å². The predicted molar refractivity (Wildman–Crippen MR) is 73.3 cm³/mol. The summed E-state index contributed by atoms with van der Waals surface area (Å²) in [6, 6.07) is 4.04. The highest BCUT2D eigenvalue weighted by molar-refractivity contribution is 7.13. The number of carbonyl (C=O) groups is 1. The average molecular weight is 271 g/mol. The fraction of sp³-hybridized carbons (Fsp3) is 0.615. The third-order valence-electron chi connectivity index (χ3n) is 3.03. The Hall–Kier alpha value is -0.910. The average Bonchev–Trinajstić information content (AvgIpc) is 2.82. The van der Waals surface area contributed by atoms with Gasteiger partial charge in [0.15, 0.2) is 0 Å². The van der Waals surface area contributed by atoms with Crippen LogP contribution in [0.1, 0.15) is 34.8 Å². The second-order valence-corrected chi connectivity index (χ2v) is 5.46. The Morgan fingerprint density at radius 1 is 1.56 bits per heavy atom. The van der Waals surface area contributed by atoms with Gasteiger partial charge in [0.1, 0.15) is 4.88 Å². The second kappa shape index (κ2) is 7.51. The molecule has 0 bridgehead atoms. The fourth-order valence-corrected chi connectivity index (χ4v) is 2.57. The summed E-state index contributed by atoms with van der Waals surface area (Å²) >= 11 is 1.35. The van der Waals surface area contributed by atoms with E-state index in [2.05, 4.69) is 18.7 Å². The van der Waals surface area contributed by atoms with E-state index in [1.54, 1.807) is 13.2 Å². The minimum Gasteiger partial charge on any atom is -0.477 e. The summed E-state index contributed by atoms with van der Waals surface area (Å²) in [7, 11) is 1.70. The van der Waals surface area contributed by atoms with Crippen LogP contribution in [0.2, 0.25) is 0 Å². The van der Waals surface area contributed by atoms with E-state index in [0.29, 0.717) is 17.5 Å². The van der Waals surface area contributed by atoms with Gasteiger partial charge in [-0.25, -0.2) is 4.79 Å². The lowest BCUT2D eigenvalue weighted by Crippen LogP contribution is -2.34. The van der Waals surface area contributed by atoms with Gasteiger partial charge in [-0.15, -0.1) is 11.3 Å². The molecule has 1 N–H and O–H groups in total. The number of hydrogen-bond acceptors (Lipinski definition) is 4. The molecule has 1 unspecified atom stereocenters. The van der Waals surface area contributed by atoms with Crippen molar-refractivity contribution in [2.24, 2.45) is 0 Å². The quantitative estimate of drug-likeness (QED) is 0.790. The minimum atomic E-state index is -0.849. The number of hydrogen-bond donors (Lipinski definition) is 1. The summed E-state index contributed by atoms with van der Waals surface area (Å²) in [6.45, 7) is 6.69. The first kappa shape index (κ1) is 15.1. The van der Waals surface area contributed by atoms with Crippen LogP contribution >= 0.6 is 11.3 Å². The summed E-state index contributed by atoms with van der Waals surface area (Å²) in [4.78, 5) is 14.6. The van der Waals surface area contributed by atoms with Gasteiger partial charge in [0.2, 0.25) is 0 Å². The van der Waals surface area contributed by atoms with Crippen molar-refractivity contribution in [2.45, 2.75) is 32.9 Å². The minimum absolute atomic E-state index is 0.404. The molecule has 0 aromatic carbocycles. The van der Waals surface area contributed by atoms with Crippen molar-refractivity contribution in [3.05, 3.63) is 21.9 Å². The van der Waals surface area contributed by atoms with Crippen molar-refractivity contribution in [1.29, 1.82) is 0 Å². The molecular weight excluding hydrogens is 250 g/mol. The Kier molecular flexibility index (Phi) is 6.32. The number of rotatable bonds is 8. The first-order valence-corrected chi connectivity index (χ1v) is 6.95. The molecule has 4 nitrogen and oxygen atoms in total. The zero-order valence-electron chi connectivity index (χ0n) is 11.2. The molecule has 1 aromatic heterocycles.